The van der Waals surface area contributed by atoms with Gasteiger partial charge >= 0.3 is 0 Å². The van der Waals surface area contributed by atoms with Crippen LogP contribution in [0.2, 0.25) is 0 Å². The second-order valence-electron chi connectivity index (χ2n) is 5.52. The van der Waals surface area contributed by atoms with Crippen LogP contribution in [0, 0.1) is 5.92 Å². The third-order valence-electron chi connectivity index (χ3n) is 3.83. The summed E-state index contributed by atoms with van der Waals surface area (Å²) in [5.74, 6) is 0.949. The SMILES string of the molecule is C=C(CCCCC)CCC(CC)CCCCC. The van der Waals surface area contributed by atoms with Crippen molar-refractivity contribution in [1.29, 1.82) is 0 Å². The summed E-state index contributed by atoms with van der Waals surface area (Å²) in [5.41, 5.74) is 1.49. The zero-order valence-corrected chi connectivity index (χ0v) is 12.6. The van der Waals surface area contributed by atoms with E-state index in [1.54, 1.807) is 0 Å². The quantitative estimate of drug-likeness (QED) is 0.268. The van der Waals surface area contributed by atoms with Crippen LogP contribution in [0.15, 0.2) is 12.2 Å². The monoisotopic (exact) mass is 238 g/mol. The fourth-order valence-corrected chi connectivity index (χ4v) is 2.39. The van der Waals surface area contributed by atoms with Crippen LogP contribution in [0.1, 0.15) is 91.4 Å². The first-order valence-electron chi connectivity index (χ1n) is 7.91. The molecule has 0 heterocycles. The standard InChI is InChI=1S/C17H34/c1-5-8-10-12-16(4)14-15-17(7-3)13-11-9-6-2/h17H,4-15H2,1-3H3. The van der Waals surface area contributed by atoms with Gasteiger partial charge in [-0.15, -0.1) is 0 Å². The molecule has 0 N–H and O–H groups in total. The molecule has 0 aliphatic rings. The first-order valence-corrected chi connectivity index (χ1v) is 7.91. The first kappa shape index (κ1) is 16.7. The largest absolute Gasteiger partial charge is 0.0999 e. The van der Waals surface area contributed by atoms with Gasteiger partial charge in [-0.05, 0) is 31.6 Å². The Morgan fingerprint density at radius 3 is 2.06 bits per heavy atom. The highest BCUT2D eigenvalue weighted by Gasteiger charge is 2.06. The highest BCUT2D eigenvalue weighted by Crippen LogP contribution is 2.22. The van der Waals surface area contributed by atoms with E-state index in [9.17, 15) is 0 Å². The van der Waals surface area contributed by atoms with Crippen LogP contribution in [-0.4, -0.2) is 0 Å². The maximum absolute atomic E-state index is 4.23. The van der Waals surface area contributed by atoms with Gasteiger partial charge in [-0.25, -0.2) is 0 Å². The van der Waals surface area contributed by atoms with E-state index >= 15 is 0 Å². The zero-order valence-electron chi connectivity index (χ0n) is 12.6. The van der Waals surface area contributed by atoms with E-state index in [4.69, 9.17) is 0 Å². The van der Waals surface area contributed by atoms with Gasteiger partial charge in [0.1, 0.15) is 0 Å². The number of hydrogen-bond acceptors (Lipinski definition) is 0. The van der Waals surface area contributed by atoms with Crippen LogP contribution in [0.5, 0.6) is 0 Å². The Labute approximate surface area is 110 Å². The maximum atomic E-state index is 4.23. The van der Waals surface area contributed by atoms with Crippen LogP contribution in [0.25, 0.3) is 0 Å². The summed E-state index contributed by atoms with van der Waals surface area (Å²) in [7, 11) is 0. The molecule has 1 unspecified atom stereocenters. The Kier molecular flexibility index (Phi) is 12.0. The Morgan fingerprint density at radius 2 is 1.47 bits per heavy atom. The van der Waals surface area contributed by atoms with E-state index in [0.29, 0.717) is 0 Å². The van der Waals surface area contributed by atoms with E-state index in [1.807, 2.05) is 0 Å². The topological polar surface area (TPSA) is 0 Å². The van der Waals surface area contributed by atoms with Crippen LogP contribution < -0.4 is 0 Å². The van der Waals surface area contributed by atoms with Crippen LogP contribution in [-0.2, 0) is 0 Å². The molecule has 0 fully saturated rings. The van der Waals surface area contributed by atoms with Crippen molar-refractivity contribution in [1.82, 2.24) is 0 Å². The van der Waals surface area contributed by atoms with Gasteiger partial charge in [-0.3, -0.25) is 0 Å². The summed E-state index contributed by atoms with van der Waals surface area (Å²) in [6.07, 6.45) is 14.9. The molecule has 17 heavy (non-hydrogen) atoms. The fourth-order valence-electron chi connectivity index (χ4n) is 2.39. The predicted octanol–water partition coefficient (Wildman–Crippen LogP) is 6.51. The molecule has 0 nitrogen and oxygen atoms in total. The lowest BCUT2D eigenvalue weighted by molar-refractivity contribution is 0.414. The molecule has 0 aromatic heterocycles. The van der Waals surface area contributed by atoms with Gasteiger partial charge in [0.05, 0.1) is 0 Å². The summed E-state index contributed by atoms with van der Waals surface area (Å²) in [6.45, 7) is 11.1. The van der Waals surface area contributed by atoms with Crippen molar-refractivity contribution in [2.45, 2.75) is 91.4 Å². The van der Waals surface area contributed by atoms with Crippen molar-refractivity contribution in [2.75, 3.05) is 0 Å². The number of rotatable bonds is 12. The van der Waals surface area contributed by atoms with Gasteiger partial charge in [-0.1, -0.05) is 77.9 Å². The molecule has 0 rings (SSSR count). The molecule has 102 valence electrons. The Bertz CT molecular complexity index is 169. The second-order valence-corrected chi connectivity index (χ2v) is 5.52. The molecule has 0 aromatic rings. The van der Waals surface area contributed by atoms with Crippen molar-refractivity contribution in [3.05, 3.63) is 12.2 Å². The number of allylic oxidation sites excluding steroid dienone is 1. The molecular formula is C17H34. The molecule has 0 amide bonds. The molecule has 1 atom stereocenters. The Hall–Kier alpha value is -0.260. The predicted molar refractivity (Wildman–Crippen MR) is 80.4 cm³/mol. The molecule has 0 spiro atoms. The highest BCUT2D eigenvalue weighted by atomic mass is 14.1. The van der Waals surface area contributed by atoms with Crippen molar-refractivity contribution in [2.24, 2.45) is 5.92 Å². The fraction of sp³-hybridized carbons (Fsp3) is 0.882. The molecule has 0 aliphatic heterocycles. The Balaban J connectivity index is 3.55. The molecule has 0 saturated heterocycles. The van der Waals surface area contributed by atoms with E-state index in [2.05, 4.69) is 27.4 Å². The zero-order chi connectivity index (χ0) is 12.9. The minimum Gasteiger partial charge on any atom is -0.0999 e. The lowest BCUT2D eigenvalue weighted by Gasteiger charge is -2.15. The molecular weight excluding hydrogens is 204 g/mol. The Morgan fingerprint density at radius 1 is 0.824 bits per heavy atom. The molecule has 0 bridgehead atoms. The lowest BCUT2D eigenvalue weighted by Crippen LogP contribution is -2.00. The summed E-state index contributed by atoms with van der Waals surface area (Å²) >= 11 is 0. The molecule has 0 aromatic carbocycles. The van der Waals surface area contributed by atoms with Crippen molar-refractivity contribution < 1.29 is 0 Å². The molecule has 0 heteroatoms. The summed E-state index contributed by atoms with van der Waals surface area (Å²) in [5, 5.41) is 0. The van der Waals surface area contributed by atoms with Gasteiger partial charge in [0.15, 0.2) is 0 Å². The van der Waals surface area contributed by atoms with Crippen LogP contribution in [0.3, 0.4) is 0 Å². The highest BCUT2D eigenvalue weighted by molar-refractivity contribution is 4.93. The first-order chi connectivity index (χ1) is 8.24. The number of unbranched alkanes of at least 4 members (excludes halogenated alkanes) is 4. The second kappa shape index (κ2) is 12.2. The average Bonchev–Trinajstić information content (AvgIpc) is 2.34. The van der Waals surface area contributed by atoms with E-state index in [0.717, 1.165) is 5.92 Å². The molecule has 0 radical (unpaired) electrons. The third kappa shape index (κ3) is 10.6. The lowest BCUT2D eigenvalue weighted by atomic mass is 9.91. The third-order valence-corrected chi connectivity index (χ3v) is 3.83. The van der Waals surface area contributed by atoms with E-state index in [-0.39, 0.29) is 0 Å². The normalized spacial score (nSPS) is 12.6. The number of hydrogen-bond donors (Lipinski definition) is 0. The van der Waals surface area contributed by atoms with E-state index in [1.165, 1.54) is 76.2 Å². The smallest absolute Gasteiger partial charge is 0.0320 e. The van der Waals surface area contributed by atoms with Crippen molar-refractivity contribution in [3.8, 4) is 0 Å². The van der Waals surface area contributed by atoms with Gasteiger partial charge in [-0.2, -0.15) is 0 Å². The average molecular weight is 238 g/mol. The summed E-state index contributed by atoms with van der Waals surface area (Å²) < 4.78 is 0. The van der Waals surface area contributed by atoms with E-state index < -0.39 is 0 Å². The van der Waals surface area contributed by atoms with Crippen molar-refractivity contribution in [3.63, 3.8) is 0 Å². The summed E-state index contributed by atoms with van der Waals surface area (Å²) in [4.78, 5) is 0. The molecule has 0 saturated carbocycles. The minimum absolute atomic E-state index is 0.949. The van der Waals surface area contributed by atoms with Gasteiger partial charge in [0, 0.05) is 0 Å². The van der Waals surface area contributed by atoms with Gasteiger partial charge in [0.25, 0.3) is 0 Å². The van der Waals surface area contributed by atoms with Crippen LogP contribution >= 0.6 is 0 Å². The van der Waals surface area contributed by atoms with Gasteiger partial charge in [0.2, 0.25) is 0 Å². The maximum Gasteiger partial charge on any atom is -0.0320 e. The van der Waals surface area contributed by atoms with Gasteiger partial charge < -0.3 is 0 Å². The minimum atomic E-state index is 0.949. The van der Waals surface area contributed by atoms with Crippen molar-refractivity contribution >= 4 is 0 Å². The molecule has 0 aliphatic carbocycles. The summed E-state index contributed by atoms with van der Waals surface area (Å²) in [6, 6.07) is 0. The van der Waals surface area contributed by atoms with Crippen LogP contribution in [0.4, 0.5) is 0 Å².